The van der Waals surface area contributed by atoms with Gasteiger partial charge in [-0.25, -0.2) is 0 Å². The van der Waals surface area contributed by atoms with Gasteiger partial charge in [-0.1, -0.05) is 127 Å². The lowest BCUT2D eigenvalue weighted by Gasteiger charge is -2.34. The molecule has 0 bridgehead atoms. The molecule has 10 aromatic rings. The van der Waals surface area contributed by atoms with Crippen molar-refractivity contribution in [3.05, 3.63) is 200 Å². The van der Waals surface area contributed by atoms with Crippen LogP contribution in [0, 0.1) is 0 Å². The summed E-state index contributed by atoms with van der Waals surface area (Å²) in [7, 11) is 0. The van der Waals surface area contributed by atoms with Gasteiger partial charge in [-0.15, -0.1) is 0 Å². The molecule has 0 aliphatic carbocycles. The lowest BCUT2D eigenvalue weighted by Crippen LogP contribution is -2.15. The van der Waals surface area contributed by atoms with Crippen LogP contribution in [0.1, 0.15) is 0 Å². The number of anilines is 3. The molecule has 0 fully saturated rings. The second-order valence-corrected chi connectivity index (χ2v) is 14.0. The molecule has 54 heavy (non-hydrogen) atoms. The number of fused-ring (bicyclic) bond motifs is 5. The Kier molecular flexibility index (Phi) is 6.86. The summed E-state index contributed by atoms with van der Waals surface area (Å²) in [5, 5.41) is 4.91. The van der Waals surface area contributed by atoms with Crippen molar-refractivity contribution in [3.8, 4) is 50.3 Å². The minimum absolute atomic E-state index is 0.965. The monoisotopic (exact) mass is 687 g/mol. The van der Waals surface area contributed by atoms with E-state index < -0.39 is 0 Å². The lowest BCUT2D eigenvalue weighted by molar-refractivity contribution is 1.18. The second-order valence-electron chi connectivity index (χ2n) is 14.0. The van der Waals surface area contributed by atoms with E-state index in [1.807, 2.05) is 12.3 Å². The summed E-state index contributed by atoms with van der Waals surface area (Å²) in [4.78, 5) is 7.20. The van der Waals surface area contributed by atoms with Crippen LogP contribution < -0.4 is 4.90 Å². The molecule has 11 rings (SSSR count). The summed E-state index contributed by atoms with van der Waals surface area (Å²) >= 11 is 0. The van der Waals surface area contributed by atoms with Crippen LogP contribution in [0.4, 0.5) is 17.1 Å². The number of nitrogens with zero attached hydrogens (tertiary/aromatic N) is 3. The minimum Gasteiger partial charge on any atom is -0.309 e. The molecule has 0 amide bonds. The molecule has 1 aliphatic heterocycles. The summed E-state index contributed by atoms with van der Waals surface area (Å²) in [6.07, 6.45) is 1.87. The molecule has 8 aromatic carbocycles. The average Bonchev–Trinajstić information content (AvgIpc) is 3.57. The largest absolute Gasteiger partial charge is 0.309 e. The topological polar surface area (TPSA) is 21.1 Å². The van der Waals surface area contributed by atoms with Crippen molar-refractivity contribution < 1.29 is 0 Å². The average molecular weight is 688 g/mol. The molecule has 0 spiro atoms. The zero-order chi connectivity index (χ0) is 35.6. The van der Waals surface area contributed by atoms with Crippen LogP contribution in [0.3, 0.4) is 0 Å². The second kappa shape index (κ2) is 12.2. The number of benzene rings is 8. The first kappa shape index (κ1) is 30.4. The van der Waals surface area contributed by atoms with Gasteiger partial charge in [0.15, 0.2) is 0 Å². The van der Waals surface area contributed by atoms with Gasteiger partial charge in [0.05, 0.1) is 28.1 Å². The summed E-state index contributed by atoms with van der Waals surface area (Å²) in [5.41, 5.74) is 16.2. The van der Waals surface area contributed by atoms with Crippen LogP contribution in [0.5, 0.6) is 0 Å². The van der Waals surface area contributed by atoms with Gasteiger partial charge in [0, 0.05) is 44.9 Å². The highest BCUT2D eigenvalue weighted by Gasteiger charge is 2.28. The first-order chi connectivity index (χ1) is 26.8. The molecule has 3 heterocycles. The standard InChI is InChI=1S/C51H33N3/c1-3-13-34(14-4-1)37-19-9-21-40(29-37)53-47-27-26-39(46-24-7-8-28-52-46)31-43(47)45-32-44-42-23-11-17-36-18-12-25-48(51(36)42)54(49(44)33-50(45)53)41-22-10-20-38(30-41)35-15-5-2-6-16-35/h1-33H. The SMILES string of the molecule is c1ccc(-c2cccc(N3c4cc5c(cc4-c4cccc6cccc3c46)c3cc(-c4ccccn4)ccc3n5-c3cccc(-c4ccccc4)c3)c2)cc1. The van der Waals surface area contributed by atoms with Crippen molar-refractivity contribution in [1.82, 2.24) is 9.55 Å². The fourth-order valence-corrected chi connectivity index (χ4v) is 8.48. The third kappa shape index (κ3) is 4.79. The van der Waals surface area contributed by atoms with Crippen molar-refractivity contribution in [2.24, 2.45) is 0 Å². The van der Waals surface area contributed by atoms with Gasteiger partial charge in [-0.05, 0) is 99.9 Å². The van der Waals surface area contributed by atoms with E-state index in [-0.39, 0.29) is 0 Å². The molecule has 0 unspecified atom stereocenters. The van der Waals surface area contributed by atoms with Crippen molar-refractivity contribution in [3.63, 3.8) is 0 Å². The first-order valence-electron chi connectivity index (χ1n) is 18.5. The van der Waals surface area contributed by atoms with Crippen LogP contribution >= 0.6 is 0 Å². The van der Waals surface area contributed by atoms with Gasteiger partial charge in [-0.3, -0.25) is 4.98 Å². The molecule has 3 heteroatoms. The first-order valence-corrected chi connectivity index (χ1v) is 18.5. The molecule has 1 aliphatic rings. The maximum atomic E-state index is 4.73. The van der Waals surface area contributed by atoms with Gasteiger partial charge in [0.25, 0.3) is 0 Å². The highest BCUT2D eigenvalue weighted by atomic mass is 15.2. The highest BCUT2D eigenvalue weighted by molar-refractivity contribution is 6.19. The Hall–Kier alpha value is -7.23. The van der Waals surface area contributed by atoms with Gasteiger partial charge in [0.2, 0.25) is 0 Å². The summed E-state index contributed by atoms with van der Waals surface area (Å²) in [6, 6.07) is 70.4. The molecular formula is C51H33N3. The molecule has 2 aromatic heterocycles. The van der Waals surface area contributed by atoms with Crippen LogP contribution in [-0.4, -0.2) is 9.55 Å². The quantitative estimate of drug-likeness (QED) is 0.180. The van der Waals surface area contributed by atoms with Crippen LogP contribution in [0.25, 0.3) is 82.9 Å². The minimum atomic E-state index is 0.965. The lowest BCUT2D eigenvalue weighted by atomic mass is 9.89. The van der Waals surface area contributed by atoms with Crippen molar-refractivity contribution >= 4 is 49.6 Å². The number of hydrogen-bond acceptors (Lipinski definition) is 2. The van der Waals surface area contributed by atoms with Crippen molar-refractivity contribution in [2.75, 3.05) is 4.90 Å². The number of rotatable bonds is 5. The van der Waals surface area contributed by atoms with E-state index in [1.165, 1.54) is 60.6 Å². The third-order valence-corrected chi connectivity index (χ3v) is 10.9. The van der Waals surface area contributed by atoms with Gasteiger partial charge in [0.1, 0.15) is 0 Å². The molecule has 0 radical (unpaired) electrons. The molecule has 3 nitrogen and oxygen atoms in total. The molecule has 0 N–H and O–H groups in total. The van der Waals surface area contributed by atoms with Gasteiger partial charge >= 0.3 is 0 Å². The van der Waals surface area contributed by atoms with E-state index in [9.17, 15) is 0 Å². The Morgan fingerprint density at radius 2 is 1.02 bits per heavy atom. The Balaban J connectivity index is 1.23. The number of pyridine rings is 1. The fraction of sp³-hybridized carbons (Fsp3) is 0. The van der Waals surface area contributed by atoms with Crippen LogP contribution in [0.2, 0.25) is 0 Å². The number of aromatic nitrogens is 2. The predicted molar refractivity (Wildman–Crippen MR) is 226 cm³/mol. The summed E-state index contributed by atoms with van der Waals surface area (Å²) in [6.45, 7) is 0. The predicted octanol–water partition coefficient (Wildman–Crippen LogP) is 13.8. The number of hydrogen-bond donors (Lipinski definition) is 0. The summed E-state index contributed by atoms with van der Waals surface area (Å²) in [5.74, 6) is 0. The van der Waals surface area contributed by atoms with E-state index >= 15 is 0 Å². The smallest absolute Gasteiger partial charge is 0.0702 e. The maximum absolute atomic E-state index is 4.73. The maximum Gasteiger partial charge on any atom is 0.0702 e. The fourth-order valence-electron chi connectivity index (χ4n) is 8.48. The Morgan fingerprint density at radius 3 is 1.76 bits per heavy atom. The Labute approximate surface area is 313 Å². The normalized spacial score (nSPS) is 12.0. The van der Waals surface area contributed by atoms with E-state index in [0.29, 0.717) is 0 Å². The molecule has 0 saturated carbocycles. The van der Waals surface area contributed by atoms with Crippen molar-refractivity contribution in [1.29, 1.82) is 0 Å². The summed E-state index contributed by atoms with van der Waals surface area (Å²) < 4.78 is 2.44. The molecule has 0 saturated heterocycles. The molecule has 0 atom stereocenters. The molecule has 252 valence electrons. The third-order valence-electron chi connectivity index (χ3n) is 10.9. The van der Waals surface area contributed by atoms with Crippen LogP contribution in [0.15, 0.2) is 200 Å². The van der Waals surface area contributed by atoms with Crippen molar-refractivity contribution in [2.45, 2.75) is 0 Å². The Bertz CT molecular complexity index is 3030. The van der Waals surface area contributed by atoms with E-state index in [1.54, 1.807) is 0 Å². The van der Waals surface area contributed by atoms with E-state index in [4.69, 9.17) is 4.98 Å². The van der Waals surface area contributed by atoms with Crippen LogP contribution in [-0.2, 0) is 0 Å². The zero-order valence-electron chi connectivity index (χ0n) is 29.4. The Morgan fingerprint density at radius 1 is 0.370 bits per heavy atom. The van der Waals surface area contributed by atoms with Gasteiger partial charge in [-0.2, -0.15) is 0 Å². The highest BCUT2D eigenvalue weighted by Crippen LogP contribution is 2.53. The van der Waals surface area contributed by atoms with Gasteiger partial charge < -0.3 is 9.47 Å². The zero-order valence-corrected chi connectivity index (χ0v) is 29.4. The van der Waals surface area contributed by atoms with E-state index in [2.05, 4.69) is 198 Å². The molecular weight excluding hydrogens is 655 g/mol. The van der Waals surface area contributed by atoms with E-state index in [0.717, 1.165) is 39.4 Å².